The van der Waals surface area contributed by atoms with Gasteiger partial charge in [0.15, 0.2) is 5.69 Å². The molecule has 0 aliphatic heterocycles. The molecule has 0 spiro atoms. The lowest BCUT2D eigenvalue weighted by Crippen LogP contribution is -2.13. The second-order valence-electron chi connectivity index (χ2n) is 7.72. The van der Waals surface area contributed by atoms with Gasteiger partial charge in [0.2, 0.25) is 0 Å². The van der Waals surface area contributed by atoms with E-state index in [2.05, 4.69) is 36.1 Å². The highest BCUT2D eigenvalue weighted by atomic mass is 14.6. The largest absolute Gasteiger partial charge is 0.238 e. The van der Waals surface area contributed by atoms with E-state index in [-0.39, 0.29) is 0 Å². The molecule has 23 heavy (non-hydrogen) atoms. The normalized spacial score (nSPS) is 31.8. The molecule has 2 aliphatic carbocycles. The number of hydrogen-bond donors (Lipinski definition) is 0. The van der Waals surface area contributed by atoms with Crippen LogP contribution in [0.2, 0.25) is 0 Å². The number of allylic oxidation sites excluding steroid dienone is 2. The maximum absolute atomic E-state index is 7.04. The maximum atomic E-state index is 7.04. The molecular weight excluding hydrogens is 278 g/mol. The summed E-state index contributed by atoms with van der Waals surface area (Å²) in [6, 6.07) is 8.27. The highest BCUT2D eigenvalue weighted by Gasteiger charge is 2.21. The van der Waals surface area contributed by atoms with Crippen molar-refractivity contribution in [3.05, 3.63) is 53.4 Å². The lowest BCUT2D eigenvalue weighted by Gasteiger charge is -2.28. The van der Waals surface area contributed by atoms with Crippen LogP contribution in [0.3, 0.4) is 0 Å². The topological polar surface area (TPSA) is 4.36 Å². The molecule has 0 unspecified atom stereocenters. The van der Waals surface area contributed by atoms with E-state index in [1.807, 2.05) is 12.1 Å². The van der Waals surface area contributed by atoms with Crippen molar-refractivity contribution in [1.82, 2.24) is 0 Å². The van der Waals surface area contributed by atoms with Gasteiger partial charge in [0.1, 0.15) is 0 Å². The summed E-state index contributed by atoms with van der Waals surface area (Å²) in [7, 11) is 0. The van der Waals surface area contributed by atoms with E-state index in [1.165, 1.54) is 56.9 Å². The minimum Gasteiger partial charge on any atom is -0.238 e. The van der Waals surface area contributed by atoms with E-state index >= 15 is 0 Å². The molecule has 1 aromatic rings. The molecule has 0 radical (unpaired) electrons. The molecule has 2 fully saturated rings. The van der Waals surface area contributed by atoms with Gasteiger partial charge in [-0.1, -0.05) is 56.2 Å². The van der Waals surface area contributed by atoms with Gasteiger partial charge in [-0.05, 0) is 67.8 Å². The lowest BCUT2D eigenvalue weighted by atomic mass is 9.77. The van der Waals surface area contributed by atoms with Crippen LogP contribution in [0, 0.1) is 24.3 Å². The van der Waals surface area contributed by atoms with Crippen LogP contribution in [0.1, 0.15) is 69.8 Å². The van der Waals surface area contributed by atoms with Crippen molar-refractivity contribution in [1.29, 1.82) is 0 Å². The zero-order chi connectivity index (χ0) is 16.1. The number of benzene rings is 1. The fourth-order valence-electron chi connectivity index (χ4n) is 4.26. The molecule has 1 aromatic carbocycles. The Morgan fingerprint density at radius 1 is 0.826 bits per heavy atom. The summed E-state index contributed by atoms with van der Waals surface area (Å²) in [4.78, 5) is 3.48. The average Bonchev–Trinajstić information content (AvgIpc) is 2.62. The maximum Gasteiger partial charge on any atom is 0.187 e. The highest BCUT2D eigenvalue weighted by molar-refractivity contribution is 5.46. The third-order valence-corrected chi connectivity index (χ3v) is 5.98. The van der Waals surface area contributed by atoms with Crippen LogP contribution in [0.5, 0.6) is 0 Å². The number of nitrogens with zero attached hydrogens (tertiary/aromatic N) is 1. The Labute approximate surface area is 141 Å². The van der Waals surface area contributed by atoms with E-state index in [9.17, 15) is 0 Å². The SMILES string of the molecule is [C-]#[N+]c1ccc(C2CCC(/C=C/C3CCC(C)CC3)CC2)cc1. The molecule has 0 amide bonds. The van der Waals surface area contributed by atoms with Crippen LogP contribution < -0.4 is 0 Å². The van der Waals surface area contributed by atoms with Crippen molar-refractivity contribution in [3.63, 3.8) is 0 Å². The van der Waals surface area contributed by atoms with Crippen LogP contribution in [0.25, 0.3) is 4.85 Å². The molecule has 0 bridgehead atoms. The summed E-state index contributed by atoms with van der Waals surface area (Å²) in [6.07, 6.45) is 16.0. The molecule has 1 heteroatoms. The van der Waals surface area contributed by atoms with Crippen LogP contribution >= 0.6 is 0 Å². The lowest BCUT2D eigenvalue weighted by molar-refractivity contribution is 0.327. The van der Waals surface area contributed by atoms with E-state index in [0.29, 0.717) is 5.92 Å². The second-order valence-corrected chi connectivity index (χ2v) is 7.72. The average molecular weight is 307 g/mol. The van der Waals surface area contributed by atoms with E-state index in [0.717, 1.165) is 23.4 Å². The van der Waals surface area contributed by atoms with Crippen molar-refractivity contribution in [2.24, 2.45) is 17.8 Å². The third-order valence-electron chi connectivity index (χ3n) is 5.98. The minimum absolute atomic E-state index is 0.704. The van der Waals surface area contributed by atoms with Gasteiger partial charge in [-0.2, -0.15) is 0 Å². The Kier molecular flexibility index (Phi) is 5.55. The first-order valence-electron chi connectivity index (χ1n) is 9.40. The zero-order valence-electron chi connectivity index (χ0n) is 14.4. The molecule has 1 nitrogen and oxygen atoms in total. The Hall–Kier alpha value is -1.55. The summed E-state index contributed by atoms with van der Waals surface area (Å²) < 4.78 is 0. The van der Waals surface area contributed by atoms with Crippen LogP contribution in [0.15, 0.2) is 36.4 Å². The monoisotopic (exact) mass is 307 g/mol. The van der Waals surface area contributed by atoms with Gasteiger partial charge >= 0.3 is 0 Å². The van der Waals surface area contributed by atoms with Crippen LogP contribution in [0.4, 0.5) is 5.69 Å². The van der Waals surface area contributed by atoms with Gasteiger partial charge in [-0.3, -0.25) is 0 Å². The smallest absolute Gasteiger partial charge is 0.187 e. The standard InChI is InChI=1S/C22H29N/c1-17-3-5-18(6-4-17)7-8-19-9-11-20(12-10-19)21-13-15-22(23-2)16-14-21/h7-8,13-20H,3-6,9-12H2,1H3/b8-7+. The summed E-state index contributed by atoms with van der Waals surface area (Å²) in [6.45, 7) is 9.44. The summed E-state index contributed by atoms with van der Waals surface area (Å²) in [5, 5.41) is 0. The summed E-state index contributed by atoms with van der Waals surface area (Å²) in [5.74, 6) is 3.30. The molecule has 0 N–H and O–H groups in total. The number of rotatable bonds is 3. The van der Waals surface area contributed by atoms with Crippen molar-refractivity contribution in [2.45, 2.75) is 64.2 Å². The minimum atomic E-state index is 0.704. The zero-order valence-corrected chi connectivity index (χ0v) is 14.4. The quantitative estimate of drug-likeness (QED) is 0.423. The van der Waals surface area contributed by atoms with Gasteiger partial charge in [0.05, 0.1) is 6.57 Å². The first-order valence-corrected chi connectivity index (χ1v) is 9.40. The Morgan fingerprint density at radius 2 is 1.35 bits per heavy atom. The van der Waals surface area contributed by atoms with Crippen molar-refractivity contribution >= 4 is 5.69 Å². The molecule has 0 saturated heterocycles. The van der Waals surface area contributed by atoms with E-state index in [1.54, 1.807) is 0 Å². The van der Waals surface area contributed by atoms with Crippen molar-refractivity contribution < 1.29 is 0 Å². The van der Waals surface area contributed by atoms with E-state index < -0.39 is 0 Å². The van der Waals surface area contributed by atoms with Crippen LogP contribution in [-0.4, -0.2) is 0 Å². The number of hydrogen-bond acceptors (Lipinski definition) is 0. The second kappa shape index (κ2) is 7.82. The Morgan fingerprint density at radius 3 is 1.87 bits per heavy atom. The van der Waals surface area contributed by atoms with Crippen LogP contribution in [-0.2, 0) is 0 Å². The Bertz CT molecular complexity index is 547. The molecule has 0 heterocycles. The highest BCUT2D eigenvalue weighted by Crippen LogP contribution is 2.37. The van der Waals surface area contributed by atoms with Gasteiger partial charge in [0, 0.05) is 0 Å². The Balaban J connectivity index is 1.47. The first-order chi connectivity index (χ1) is 11.2. The predicted molar refractivity (Wildman–Crippen MR) is 97.7 cm³/mol. The van der Waals surface area contributed by atoms with Gasteiger partial charge in [-0.25, -0.2) is 4.85 Å². The molecule has 2 saturated carbocycles. The van der Waals surface area contributed by atoms with Gasteiger partial charge in [-0.15, -0.1) is 0 Å². The van der Waals surface area contributed by atoms with Gasteiger partial charge in [0.25, 0.3) is 0 Å². The summed E-state index contributed by atoms with van der Waals surface area (Å²) >= 11 is 0. The molecule has 122 valence electrons. The fraction of sp³-hybridized carbons (Fsp3) is 0.591. The van der Waals surface area contributed by atoms with Crippen molar-refractivity contribution in [2.75, 3.05) is 0 Å². The van der Waals surface area contributed by atoms with Crippen molar-refractivity contribution in [3.8, 4) is 0 Å². The molecule has 0 atom stereocenters. The fourth-order valence-corrected chi connectivity index (χ4v) is 4.26. The molecule has 2 aliphatic rings. The molecular formula is C22H29N. The summed E-state index contributed by atoms with van der Waals surface area (Å²) in [5.41, 5.74) is 2.19. The van der Waals surface area contributed by atoms with E-state index in [4.69, 9.17) is 6.57 Å². The molecule has 0 aromatic heterocycles. The molecule has 3 rings (SSSR count). The van der Waals surface area contributed by atoms with Gasteiger partial charge < -0.3 is 0 Å². The third kappa shape index (κ3) is 4.47. The first kappa shape index (κ1) is 16.3. The predicted octanol–water partition coefficient (Wildman–Crippen LogP) is 6.89.